The van der Waals surface area contributed by atoms with Crippen LogP contribution in [-0.2, 0) is 0 Å². The Bertz CT molecular complexity index is 700. The Labute approximate surface area is 103 Å². The topological polar surface area (TPSA) is 80.5 Å². The molecule has 2 heterocycles. The van der Waals surface area contributed by atoms with Gasteiger partial charge in [-0.05, 0) is 11.6 Å². The van der Waals surface area contributed by atoms with Gasteiger partial charge in [0, 0.05) is 0 Å². The third-order valence-corrected chi connectivity index (χ3v) is 2.57. The maximum atomic E-state index is 5.73. The van der Waals surface area contributed by atoms with E-state index in [4.69, 9.17) is 5.73 Å². The van der Waals surface area contributed by atoms with Gasteiger partial charge in [-0.15, -0.1) is 0 Å². The monoisotopic (exact) mass is 237 g/mol. The number of fused-ring (bicyclic) bond motifs is 1. The minimum absolute atomic E-state index is 0.409. The lowest BCUT2D eigenvalue weighted by Crippen LogP contribution is -1.91. The van der Waals surface area contributed by atoms with E-state index in [1.54, 1.807) is 0 Å². The number of aromatic amines is 1. The van der Waals surface area contributed by atoms with Crippen LogP contribution in [0.15, 0.2) is 36.7 Å². The van der Waals surface area contributed by atoms with Crippen molar-refractivity contribution in [1.29, 1.82) is 0 Å². The lowest BCUT2D eigenvalue weighted by Gasteiger charge is -1.90. The van der Waals surface area contributed by atoms with Crippen LogP contribution in [0.4, 0.5) is 5.82 Å². The number of imidazole rings is 1. The third kappa shape index (κ3) is 1.93. The van der Waals surface area contributed by atoms with Crippen LogP contribution in [0.25, 0.3) is 23.3 Å². The molecule has 0 aliphatic heterocycles. The fourth-order valence-corrected chi connectivity index (χ4v) is 1.68. The van der Waals surface area contributed by atoms with Crippen molar-refractivity contribution in [3.05, 3.63) is 48.0 Å². The average molecular weight is 237 g/mol. The van der Waals surface area contributed by atoms with E-state index in [2.05, 4.69) is 19.9 Å². The number of nitrogens with one attached hydrogen (secondary N) is 1. The van der Waals surface area contributed by atoms with Gasteiger partial charge in [0.2, 0.25) is 0 Å². The standard InChI is InChI=1S/C13H11N5/c14-12-11-13(16-8-15-12)18-10(17-11)7-6-9-4-2-1-3-5-9/h1-8H,(H3,14,15,16,17,18)/b7-6+. The summed E-state index contributed by atoms with van der Waals surface area (Å²) in [5.41, 5.74) is 8.09. The van der Waals surface area contributed by atoms with Gasteiger partial charge in [-0.25, -0.2) is 15.0 Å². The lowest BCUT2D eigenvalue weighted by atomic mass is 10.2. The molecule has 1 aromatic carbocycles. The zero-order valence-corrected chi connectivity index (χ0v) is 9.54. The second-order valence-electron chi connectivity index (χ2n) is 3.82. The van der Waals surface area contributed by atoms with Crippen LogP contribution in [0, 0.1) is 0 Å². The average Bonchev–Trinajstić information content (AvgIpc) is 2.82. The highest BCUT2D eigenvalue weighted by Crippen LogP contribution is 2.14. The Morgan fingerprint density at radius 2 is 1.89 bits per heavy atom. The van der Waals surface area contributed by atoms with E-state index in [0.29, 0.717) is 22.8 Å². The van der Waals surface area contributed by atoms with E-state index < -0.39 is 0 Å². The van der Waals surface area contributed by atoms with Crippen molar-refractivity contribution in [1.82, 2.24) is 19.9 Å². The minimum atomic E-state index is 0.409. The molecule has 0 radical (unpaired) electrons. The SMILES string of the molecule is Nc1ncnc2nc(/C=C/c3ccccc3)[nH]c12. The first kappa shape index (κ1) is 10.5. The fourth-order valence-electron chi connectivity index (χ4n) is 1.68. The van der Waals surface area contributed by atoms with Crippen LogP contribution < -0.4 is 5.73 Å². The first-order valence-corrected chi connectivity index (χ1v) is 5.52. The van der Waals surface area contributed by atoms with Crippen LogP contribution >= 0.6 is 0 Å². The molecule has 0 saturated heterocycles. The second kappa shape index (κ2) is 4.29. The zero-order valence-electron chi connectivity index (χ0n) is 9.54. The molecule has 3 rings (SSSR count). The summed E-state index contributed by atoms with van der Waals surface area (Å²) >= 11 is 0. The van der Waals surface area contributed by atoms with Gasteiger partial charge in [0.05, 0.1) is 0 Å². The first-order valence-electron chi connectivity index (χ1n) is 5.52. The van der Waals surface area contributed by atoms with Crippen LogP contribution in [0.1, 0.15) is 11.4 Å². The van der Waals surface area contributed by atoms with Crippen molar-refractivity contribution in [3.8, 4) is 0 Å². The number of nitrogens with zero attached hydrogens (tertiary/aromatic N) is 3. The summed E-state index contributed by atoms with van der Waals surface area (Å²) in [7, 11) is 0. The Morgan fingerprint density at radius 3 is 2.67 bits per heavy atom. The summed E-state index contributed by atoms with van der Waals surface area (Å²) in [5.74, 6) is 1.12. The molecule has 3 aromatic rings. The third-order valence-electron chi connectivity index (χ3n) is 2.57. The van der Waals surface area contributed by atoms with E-state index in [1.165, 1.54) is 6.33 Å². The van der Waals surface area contributed by atoms with Gasteiger partial charge in [0.1, 0.15) is 17.7 Å². The van der Waals surface area contributed by atoms with Crippen LogP contribution in [0.3, 0.4) is 0 Å². The molecule has 0 unspecified atom stereocenters. The number of hydrogen-bond donors (Lipinski definition) is 2. The molecular weight excluding hydrogens is 226 g/mol. The largest absolute Gasteiger partial charge is 0.382 e. The fraction of sp³-hybridized carbons (Fsp3) is 0. The molecular formula is C13H11N5. The molecule has 0 spiro atoms. The molecule has 0 bridgehead atoms. The summed E-state index contributed by atoms with van der Waals surface area (Å²) in [5, 5.41) is 0. The maximum Gasteiger partial charge on any atom is 0.183 e. The minimum Gasteiger partial charge on any atom is -0.382 e. The Hall–Kier alpha value is -2.69. The second-order valence-corrected chi connectivity index (χ2v) is 3.82. The molecule has 0 atom stereocenters. The van der Waals surface area contributed by atoms with Gasteiger partial charge in [0.25, 0.3) is 0 Å². The van der Waals surface area contributed by atoms with Gasteiger partial charge in [0.15, 0.2) is 11.5 Å². The van der Waals surface area contributed by atoms with Crippen molar-refractivity contribution >= 4 is 29.1 Å². The van der Waals surface area contributed by atoms with Crippen molar-refractivity contribution in [2.45, 2.75) is 0 Å². The zero-order chi connectivity index (χ0) is 12.4. The predicted molar refractivity (Wildman–Crippen MR) is 71.5 cm³/mol. The molecule has 88 valence electrons. The molecule has 2 aromatic heterocycles. The van der Waals surface area contributed by atoms with Gasteiger partial charge >= 0.3 is 0 Å². The number of hydrogen-bond acceptors (Lipinski definition) is 4. The van der Waals surface area contributed by atoms with Gasteiger partial charge in [-0.3, -0.25) is 0 Å². The molecule has 0 fully saturated rings. The number of aromatic nitrogens is 4. The van der Waals surface area contributed by atoms with Crippen LogP contribution in [0.2, 0.25) is 0 Å². The summed E-state index contributed by atoms with van der Waals surface area (Å²) in [4.78, 5) is 15.4. The molecule has 3 N–H and O–H groups in total. The predicted octanol–water partition coefficient (Wildman–Crippen LogP) is 2.11. The van der Waals surface area contributed by atoms with E-state index in [1.807, 2.05) is 42.5 Å². The van der Waals surface area contributed by atoms with Crippen molar-refractivity contribution in [2.24, 2.45) is 0 Å². The molecule has 5 heteroatoms. The number of H-pyrrole nitrogens is 1. The van der Waals surface area contributed by atoms with E-state index >= 15 is 0 Å². The van der Waals surface area contributed by atoms with Crippen molar-refractivity contribution in [3.63, 3.8) is 0 Å². The quantitative estimate of drug-likeness (QED) is 0.715. The van der Waals surface area contributed by atoms with E-state index in [9.17, 15) is 0 Å². The molecule has 18 heavy (non-hydrogen) atoms. The number of nitrogens with two attached hydrogens (primary N) is 1. The summed E-state index contributed by atoms with van der Waals surface area (Å²) in [6.07, 6.45) is 5.26. The number of nitrogen functional groups attached to an aromatic ring is 1. The van der Waals surface area contributed by atoms with Crippen molar-refractivity contribution < 1.29 is 0 Å². The molecule has 0 aliphatic carbocycles. The highest BCUT2D eigenvalue weighted by Gasteiger charge is 2.04. The Balaban J connectivity index is 1.96. The molecule has 0 aliphatic rings. The van der Waals surface area contributed by atoms with Crippen LogP contribution in [0.5, 0.6) is 0 Å². The van der Waals surface area contributed by atoms with E-state index in [0.717, 1.165) is 5.56 Å². The molecule has 0 saturated carbocycles. The lowest BCUT2D eigenvalue weighted by molar-refractivity contribution is 1.20. The number of benzene rings is 1. The van der Waals surface area contributed by atoms with Crippen LogP contribution in [-0.4, -0.2) is 19.9 Å². The molecule has 5 nitrogen and oxygen atoms in total. The Morgan fingerprint density at radius 1 is 1.06 bits per heavy atom. The summed E-state index contributed by atoms with van der Waals surface area (Å²) in [6.45, 7) is 0. The van der Waals surface area contributed by atoms with Gasteiger partial charge in [-0.1, -0.05) is 36.4 Å². The van der Waals surface area contributed by atoms with Gasteiger partial charge < -0.3 is 10.7 Å². The molecule has 0 amide bonds. The number of rotatable bonds is 2. The van der Waals surface area contributed by atoms with E-state index in [-0.39, 0.29) is 0 Å². The smallest absolute Gasteiger partial charge is 0.183 e. The Kier molecular flexibility index (Phi) is 2.49. The van der Waals surface area contributed by atoms with Gasteiger partial charge in [-0.2, -0.15) is 0 Å². The highest BCUT2D eigenvalue weighted by molar-refractivity contribution is 5.83. The normalized spacial score (nSPS) is 11.3. The number of anilines is 1. The first-order chi connectivity index (χ1) is 8.83. The van der Waals surface area contributed by atoms with Crippen molar-refractivity contribution in [2.75, 3.05) is 5.73 Å². The highest BCUT2D eigenvalue weighted by atomic mass is 15.0. The summed E-state index contributed by atoms with van der Waals surface area (Å²) in [6, 6.07) is 10.00. The summed E-state index contributed by atoms with van der Waals surface area (Å²) < 4.78 is 0. The maximum absolute atomic E-state index is 5.73.